The number of rotatable bonds is 3. The van der Waals surface area contributed by atoms with Crippen LogP contribution in [0.4, 0.5) is 10.7 Å². The lowest BCUT2D eigenvalue weighted by atomic mass is 9.99. The van der Waals surface area contributed by atoms with Gasteiger partial charge in [-0.2, -0.15) is 0 Å². The average molecular weight is 305 g/mol. The summed E-state index contributed by atoms with van der Waals surface area (Å²) in [7, 11) is 1.27. The van der Waals surface area contributed by atoms with E-state index in [-0.39, 0.29) is 11.4 Å². The van der Waals surface area contributed by atoms with Crippen LogP contribution in [0.15, 0.2) is 18.2 Å². The molecule has 0 fully saturated rings. The Morgan fingerprint density at radius 3 is 2.68 bits per heavy atom. The number of fused-ring (bicyclic) bond motifs is 1. The fourth-order valence-corrected chi connectivity index (χ4v) is 1.71. The SMILES string of the molecule is COC(=O)Nc1nc2ccc(C(=O)OCC(C)(C)C)cc2[nH]1. The molecule has 0 saturated carbocycles. The zero-order valence-electron chi connectivity index (χ0n) is 13.0. The van der Waals surface area contributed by atoms with Gasteiger partial charge in [-0.3, -0.25) is 5.32 Å². The number of esters is 1. The standard InChI is InChI=1S/C15H19N3O4/c1-15(2,3)8-22-12(19)9-5-6-10-11(7-9)17-13(16-10)18-14(20)21-4/h5-7H,8H2,1-4H3,(H2,16,17,18,20). The van der Waals surface area contributed by atoms with Crippen molar-refractivity contribution in [3.8, 4) is 0 Å². The number of H-pyrrole nitrogens is 1. The number of anilines is 1. The highest BCUT2D eigenvalue weighted by molar-refractivity contribution is 5.94. The highest BCUT2D eigenvalue weighted by Crippen LogP contribution is 2.18. The minimum Gasteiger partial charge on any atom is -0.462 e. The molecule has 0 bridgehead atoms. The summed E-state index contributed by atoms with van der Waals surface area (Å²) in [6.45, 7) is 6.30. The summed E-state index contributed by atoms with van der Waals surface area (Å²) in [5, 5.41) is 2.43. The van der Waals surface area contributed by atoms with Crippen molar-refractivity contribution in [1.29, 1.82) is 0 Å². The fourth-order valence-electron chi connectivity index (χ4n) is 1.71. The van der Waals surface area contributed by atoms with Crippen LogP contribution in [0.1, 0.15) is 31.1 Å². The van der Waals surface area contributed by atoms with Crippen LogP contribution in [0.5, 0.6) is 0 Å². The highest BCUT2D eigenvalue weighted by atomic mass is 16.5. The Labute approximate surface area is 128 Å². The normalized spacial score (nSPS) is 11.3. The van der Waals surface area contributed by atoms with Crippen LogP contribution in [-0.2, 0) is 9.47 Å². The summed E-state index contributed by atoms with van der Waals surface area (Å²) in [5.74, 6) is -0.143. The lowest BCUT2D eigenvalue weighted by molar-refractivity contribution is 0.0367. The number of nitrogens with one attached hydrogen (secondary N) is 2. The number of carbonyl (C=O) groups excluding carboxylic acids is 2. The number of aromatic amines is 1. The van der Waals surface area contributed by atoms with Crippen molar-refractivity contribution in [3.63, 3.8) is 0 Å². The summed E-state index contributed by atoms with van der Waals surface area (Å²) in [4.78, 5) is 30.2. The van der Waals surface area contributed by atoms with E-state index in [0.717, 1.165) is 0 Å². The summed E-state index contributed by atoms with van der Waals surface area (Å²) < 4.78 is 9.76. The molecule has 0 aliphatic carbocycles. The number of aromatic nitrogens is 2. The predicted molar refractivity (Wildman–Crippen MR) is 81.9 cm³/mol. The molecule has 0 unspecified atom stereocenters. The van der Waals surface area contributed by atoms with Crippen LogP contribution in [0, 0.1) is 5.41 Å². The topological polar surface area (TPSA) is 93.3 Å². The van der Waals surface area contributed by atoms with Gasteiger partial charge >= 0.3 is 12.1 Å². The summed E-state index contributed by atoms with van der Waals surface area (Å²) >= 11 is 0. The van der Waals surface area contributed by atoms with E-state index >= 15 is 0 Å². The van der Waals surface area contributed by atoms with Gasteiger partial charge in [-0.15, -0.1) is 0 Å². The molecule has 2 aromatic rings. The van der Waals surface area contributed by atoms with Crippen LogP contribution >= 0.6 is 0 Å². The van der Waals surface area contributed by atoms with E-state index in [1.54, 1.807) is 18.2 Å². The van der Waals surface area contributed by atoms with Crippen LogP contribution in [0.3, 0.4) is 0 Å². The van der Waals surface area contributed by atoms with Crippen molar-refractivity contribution in [2.24, 2.45) is 5.41 Å². The van der Waals surface area contributed by atoms with Crippen LogP contribution in [0.2, 0.25) is 0 Å². The first-order chi connectivity index (χ1) is 10.3. The van der Waals surface area contributed by atoms with Gasteiger partial charge in [0.05, 0.1) is 30.3 Å². The van der Waals surface area contributed by atoms with Gasteiger partial charge < -0.3 is 14.5 Å². The van der Waals surface area contributed by atoms with Gasteiger partial charge in [-0.05, 0) is 23.6 Å². The molecule has 2 rings (SSSR count). The average Bonchev–Trinajstić information content (AvgIpc) is 2.84. The van der Waals surface area contributed by atoms with Crippen LogP contribution in [-0.4, -0.2) is 35.7 Å². The third kappa shape index (κ3) is 3.97. The smallest absolute Gasteiger partial charge is 0.413 e. The van der Waals surface area contributed by atoms with E-state index in [1.165, 1.54) is 7.11 Å². The molecular weight excluding hydrogens is 286 g/mol. The molecule has 7 heteroatoms. The molecule has 1 heterocycles. The van der Waals surface area contributed by atoms with Crippen LogP contribution < -0.4 is 5.32 Å². The Bertz CT molecular complexity index is 700. The Morgan fingerprint density at radius 2 is 2.05 bits per heavy atom. The second kappa shape index (κ2) is 6.05. The molecule has 22 heavy (non-hydrogen) atoms. The van der Waals surface area contributed by atoms with E-state index in [9.17, 15) is 9.59 Å². The summed E-state index contributed by atoms with van der Waals surface area (Å²) in [6.07, 6.45) is -0.621. The molecule has 2 N–H and O–H groups in total. The Balaban J connectivity index is 2.16. The first-order valence-electron chi connectivity index (χ1n) is 6.80. The summed E-state index contributed by atoms with van der Waals surface area (Å²) in [6, 6.07) is 4.95. The Kier molecular flexibility index (Phi) is 4.35. The minimum atomic E-state index is -0.621. The van der Waals surface area contributed by atoms with E-state index in [0.29, 0.717) is 23.2 Å². The molecular formula is C15H19N3O4. The maximum absolute atomic E-state index is 12.0. The molecule has 1 amide bonds. The van der Waals surface area contributed by atoms with Crippen molar-refractivity contribution >= 4 is 29.0 Å². The maximum Gasteiger partial charge on any atom is 0.413 e. The lowest BCUT2D eigenvalue weighted by Crippen LogP contribution is -2.18. The quantitative estimate of drug-likeness (QED) is 0.850. The van der Waals surface area contributed by atoms with E-state index in [1.807, 2.05) is 20.8 Å². The fraction of sp³-hybridized carbons (Fsp3) is 0.400. The number of nitrogens with zero attached hydrogens (tertiary/aromatic N) is 1. The highest BCUT2D eigenvalue weighted by Gasteiger charge is 2.16. The molecule has 0 spiro atoms. The van der Waals surface area contributed by atoms with Crippen molar-refractivity contribution in [2.75, 3.05) is 19.0 Å². The van der Waals surface area contributed by atoms with Gasteiger partial charge in [0.15, 0.2) is 0 Å². The number of imidazole rings is 1. The van der Waals surface area contributed by atoms with Gasteiger partial charge in [0.2, 0.25) is 5.95 Å². The van der Waals surface area contributed by atoms with Crippen molar-refractivity contribution < 1.29 is 19.1 Å². The largest absolute Gasteiger partial charge is 0.462 e. The van der Waals surface area contributed by atoms with Gasteiger partial charge in [0, 0.05) is 0 Å². The van der Waals surface area contributed by atoms with Gasteiger partial charge in [0.1, 0.15) is 0 Å². The van der Waals surface area contributed by atoms with E-state index in [4.69, 9.17) is 4.74 Å². The Hall–Kier alpha value is -2.57. The number of hydrogen-bond donors (Lipinski definition) is 2. The second-order valence-corrected chi connectivity index (χ2v) is 6.07. The predicted octanol–water partition coefficient (Wildman–Crippen LogP) is 2.94. The number of amides is 1. The first kappa shape index (κ1) is 15.8. The monoisotopic (exact) mass is 305 g/mol. The third-order valence-corrected chi connectivity index (χ3v) is 2.76. The molecule has 1 aromatic heterocycles. The molecule has 0 radical (unpaired) electrons. The van der Waals surface area contributed by atoms with E-state index < -0.39 is 12.1 Å². The lowest BCUT2D eigenvalue weighted by Gasteiger charge is -2.17. The number of benzene rings is 1. The minimum absolute atomic E-state index is 0.0919. The van der Waals surface area contributed by atoms with Gasteiger partial charge in [-0.25, -0.2) is 14.6 Å². The van der Waals surface area contributed by atoms with Crippen LogP contribution in [0.25, 0.3) is 11.0 Å². The van der Waals surface area contributed by atoms with Gasteiger partial charge in [-0.1, -0.05) is 20.8 Å². The molecule has 118 valence electrons. The number of carbonyl (C=O) groups is 2. The molecule has 0 saturated heterocycles. The number of hydrogen-bond acceptors (Lipinski definition) is 5. The van der Waals surface area contributed by atoms with Crippen molar-refractivity contribution in [1.82, 2.24) is 9.97 Å². The third-order valence-electron chi connectivity index (χ3n) is 2.76. The molecule has 0 aliphatic heterocycles. The molecule has 7 nitrogen and oxygen atoms in total. The maximum atomic E-state index is 12.0. The first-order valence-corrected chi connectivity index (χ1v) is 6.80. The Morgan fingerprint density at radius 1 is 1.32 bits per heavy atom. The summed E-state index contributed by atoms with van der Waals surface area (Å²) in [5.41, 5.74) is 1.58. The number of methoxy groups -OCH3 is 1. The van der Waals surface area contributed by atoms with Crippen molar-refractivity contribution in [2.45, 2.75) is 20.8 Å². The molecule has 0 atom stereocenters. The van der Waals surface area contributed by atoms with Gasteiger partial charge in [0.25, 0.3) is 0 Å². The zero-order valence-corrected chi connectivity index (χ0v) is 13.0. The number of ether oxygens (including phenoxy) is 2. The molecule has 0 aliphatic rings. The molecule has 1 aromatic carbocycles. The van der Waals surface area contributed by atoms with E-state index in [2.05, 4.69) is 20.0 Å². The van der Waals surface area contributed by atoms with Crippen molar-refractivity contribution in [3.05, 3.63) is 23.8 Å². The second-order valence-electron chi connectivity index (χ2n) is 6.07. The zero-order chi connectivity index (χ0) is 16.3.